The van der Waals surface area contributed by atoms with Crippen molar-refractivity contribution in [2.45, 2.75) is 20.8 Å². The fourth-order valence-corrected chi connectivity index (χ4v) is 2.22. The zero-order valence-corrected chi connectivity index (χ0v) is 13.9. The summed E-state index contributed by atoms with van der Waals surface area (Å²) in [6.07, 6.45) is 0. The summed E-state index contributed by atoms with van der Waals surface area (Å²) in [7, 11) is 0. The second kappa shape index (κ2) is 6.72. The Morgan fingerprint density at radius 3 is 2.62 bits per heavy atom. The molecule has 21 heavy (non-hydrogen) atoms. The largest absolute Gasteiger partial charge is 0.385 e. The Balaban J connectivity index is 2.16. The summed E-state index contributed by atoms with van der Waals surface area (Å²) in [6.45, 7) is 6.77. The fourth-order valence-electron chi connectivity index (χ4n) is 2.00. The first-order valence-corrected chi connectivity index (χ1v) is 7.59. The van der Waals surface area contributed by atoms with Gasteiger partial charge in [-0.15, -0.1) is 0 Å². The van der Waals surface area contributed by atoms with Gasteiger partial charge in [-0.1, -0.05) is 0 Å². The van der Waals surface area contributed by atoms with Crippen LogP contribution < -0.4 is 10.6 Å². The lowest BCUT2D eigenvalue weighted by Crippen LogP contribution is -2.13. The van der Waals surface area contributed by atoms with Crippen LogP contribution in [0.2, 0.25) is 0 Å². The van der Waals surface area contributed by atoms with E-state index in [1.54, 1.807) is 6.07 Å². The van der Waals surface area contributed by atoms with E-state index < -0.39 is 0 Å². The van der Waals surface area contributed by atoms with Gasteiger partial charge >= 0.3 is 0 Å². The maximum Gasteiger partial charge on any atom is 0.256 e. The van der Waals surface area contributed by atoms with Crippen LogP contribution in [-0.2, 0) is 0 Å². The molecule has 0 spiro atoms. The van der Waals surface area contributed by atoms with Gasteiger partial charge in [-0.05, 0) is 72.6 Å². The monoisotopic (exact) mass is 347 g/mol. The number of aryl methyl sites for hydroxylation is 2. The van der Waals surface area contributed by atoms with Crippen LogP contribution >= 0.6 is 15.9 Å². The van der Waals surface area contributed by atoms with Crippen LogP contribution in [-0.4, -0.2) is 17.4 Å². The SMILES string of the molecule is CCNc1ccc(C(=O)Nc2ccc(Br)c(C)n2)cc1C. The molecular formula is C16H18BrN3O. The number of rotatable bonds is 4. The lowest BCUT2D eigenvalue weighted by molar-refractivity contribution is 0.102. The number of anilines is 2. The third-order valence-corrected chi connectivity index (χ3v) is 3.96. The Morgan fingerprint density at radius 1 is 1.24 bits per heavy atom. The second-order valence-corrected chi connectivity index (χ2v) is 5.63. The van der Waals surface area contributed by atoms with E-state index in [0.717, 1.165) is 28.0 Å². The summed E-state index contributed by atoms with van der Waals surface area (Å²) in [4.78, 5) is 16.6. The van der Waals surface area contributed by atoms with E-state index in [4.69, 9.17) is 0 Å². The molecule has 0 unspecified atom stereocenters. The van der Waals surface area contributed by atoms with Gasteiger partial charge in [-0.2, -0.15) is 0 Å². The van der Waals surface area contributed by atoms with Gasteiger partial charge in [0.05, 0.1) is 5.69 Å². The van der Waals surface area contributed by atoms with Gasteiger partial charge in [0.25, 0.3) is 5.91 Å². The second-order valence-electron chi connectivity index (χ2n) is 4.78. The average molecular weight is 348 g/mol. The molecule has 1 amide bonds. The highest BCUT2D eigenvalue weighted by atomic mass is 79.9. The van der Waals surface area contributed by atoms with E-state index in [-0.39, 0.29) is 5.91 Å². The van der Waals surface area contributed by atoms with Crippen molar-refractivity contribution in [3.05, 3.63) is 51.6 Å². The maximum absolute atomic E-state index is 12.2. The third kappa shape index (κ3) is 3.82. The topological polar surface area (TPSA) is 54.0 Å². The molecule has 1 aromatic carbocycles. The van der Waals surface area contributed by atoms with Gasteiger partial charge in [0.15, 0.2) is 0 Å². The van der Waals surface area contributed by atoms with Gasteiger partial charge in [-0.3, -0.25) is 4.79 Å². The number of amides is 1. The number of hydrogen-bond acceptors (Lipinski definition) is 3. The van der Waals surface area contributed by atoms with Gasteiger partial charge in [0, 0.05) is 22.3 Å². The van der Waals surface area contributed by atoms with Crippen molar-refractivity contribution in [3.63, 3.8) is 0 Å². The molecule has 0 atom stereocenters. The van der Waals surface area contributed by atoms with Crippen molar-refractivity contribution in [2.24, 2.45) is 0 Å². The van der Waals surface area contributed by atoms with Gasteiger partial charge in [0.2, 0.25) is 0 Å². The molecule has 0 saturated heterocycles. The van der Waals surface area contributed by atoms with E-state index in [0.29, 0.717) is 11.4 Å². The molecule has 0 bridgehead atoms. The van der Waals surface area contributed by atoms with Gasteiger partial charge < -0.3 is 10.6 Å². The fraction of sp³-hybridized carbons (Fsp3) is 0.250. The molecule has 0 fully saturated rings. The number of carbonyl (C=O) groups excluding carboxylic acids is 1. The molecule has 2 aromatic rings. The third-order valence-electron chi connectivity index (χ3n) is 3.12. The summed E-state index contributed by atoms with van der Waals surface area (Å²) >= 11 is 3.39. The van der Waals surface area contributed by atoms with Crippen LogP contribution in [0.1, 0.15) is 28.5 Å². The Labute approximate surface area is 133 Å². The van der Waals surface area contributed by atoms with E-state index >= 15 is 0 Å². The molecule has 0 saturated carbocycles. The summed E-state index contributed by atoms with van der Waals surface area (Å²) in [5, 5.41) is 6.07. The highest BCUT2D eigenvalue weighted by Crippen LogP contribution is 2.19. The Kier molecular flexibility index (Phi) is 4.96. The highest BCUT2D eigenvalue weighted by molar-refractivity contribution is 9.10. The number of hydrogen-bond donors (Lipinski definition) is 2. The number of benzene rings is 1. The molecule has 0 aliphatic carbocycles. The molecule has 1 heterocycles. The molecular weight excluding hydrogens is 330 g/mol. The van der Waals surface area contributed by atoms with Gasteiger partial charge in [0.1, 0.15) is 5.82 Å². The Morgan fingerprint density at radius 2 is 2.00 bits per heavy atom. The molecule has 2 N–H and O–H groups in total. The van der Waals surface area contributed by atoms with Crippen molar-refractivity contribution >= 4 is 33.3 Å². The van der Waals surface area contributed by atoms with E-state index in [9.17, 15) is 4.79 Å². The van der Waals surface area contributed by atoms with Crippen LogP contribution in [0.15, 0.2) is 34.8 Å². The van der Waals surface area contributed by atoms with Crippen LogP contribution in [0.5, 0.6) is 0 Å². The summed E-state index contributed by atoms with van der Waals surface area (Å²) in [5.74, 6) is 0.393. The van der Waals surface area contributed by atoms with Crippen LogP contribution in [0.3, 0.4) is 0 Å². The summed E-state index contributed by atoms with van der Waals surface area (Å²) in [6, 6.07) is 9.26. The van der Waals surface area contributed by atoms with Crippen molar-refractivity contribution < 1.29 is 4.79 Å². The van der Waals surface area contributed by atoms with E-state index in [1.165, 1.54) is 0 Å². The van der Waals surface area contributed by atoms with Crippen LogP contribution in [0.4, 0.5) is 11.5 Å². The van der Waals surface area contributed by atoms with E-state index in [2.05, 4.69) is 31.5 Å². The average Bonchev–Trinajstić information content (AvgIpc) is 2.45. The lowest BCUT2D eigenvalue weighted by Gasteiger charge is -2.10. The Hall–Kier alpha value is -1.88. The zero-order valence-electron chi connectivity index (χ0n) is 12.3. The van der Waals surface area contributed by atoms with Crippen molar-refractivity contribution in [2.75, 3.05) is 17.2 Å². The molecule has 110 valence electrons. The van der Waals surface area contributed by atoms with Crippen molar-refractivity contribution in [1.29, 1.82) is 0 Å². The number of nitrogens with one attached hydrogen (secondary N) is 2. The van der Waals surface area contributed by atoms with Gasteiger partial charge in [-0.25, -0.2) is 4.98 Å². The molecule has 4 nitrogen and oxygen atoms in total. The maximum atomic E-state index is 12.2. The predicted octanol–water partition coefficient (Wildman–Crippen LogP) is 4.15. The molecule has 0 radical (unpaired) electrons. The number of nitrogens with zero attached hydrogens (tertiary/aromatic N) is 1. The Bertz CT molecular complexity index is 671. The molecule has 0 aliphatic heterocycles. The highest BCUT2D eigenvalue weighted by Gasteiger charge is 2.09. The minimum absolute atomic E-state index is 0.157. The summed E-state index contributed by atoms with van der Waals surface area (Å²) < 4.78 is 0.923. The quantitative estimate of drug-likeness (QED) is 0.873. The smallest absolute Gasteiger partial charge is 0.256 e. The zero-order chi connectivity index (χ0) is 15.4. The first-order valence-electron chi connectivity index (χ1n) is 6.80. The number of aromatic nitrogens is 1. The number of halogens is 1. The lowest BCUT2D eigenvalue weighted by atomic mass is 10.1. The molecule has 1 aromatic heterocycles. The first kappa shape index (κ1) is 15.5. The van der Waals surface area contributed by atoms with Crippen molar-refractivity contribution in [3.8, 4) is 0 Å². The number of carbonyl (C=O) groups is 1. The van der Waals surface area contributed by atoms with Crippen LogP contribution in [0, 0.1) is 13.8 Å². The normalized spacial score (nSPS) is 10.3. The molecule has 2 rings (SSSR count). The standard InChI is InChI=1S/C16H18BrN3O/c1-4-18-14-7-5-12(9-10(14)2)16(21)20-15-8-6-13(17)11(3)19-15/h5-9,18H,4H2,1-3H3,(H,19,20,21). The minimum Gasteiger partial charge on any atom is -0.385 e. The van der Waals surface area contributed by atoms with Crippen LogP contribution in [0.25, 0.3) is 0 Å². The minimum atomic E-state index is -0.157. The molecule has 5 heteroatoms. The molecule has 0 aliphatic rings. The number of pyridine rings is 1. The first-order chi connectivity index (χ1) is 10.0. The van der Waals surface area contributed by atoms with E-state index in [1.807, 2.05) is 45.0 Å². The van der Waals surface area contributed by atoms with Crippen molar-refractivity contribution in [1.82, 2.24) is 4.98 Å². The predicted molar refractivity (Wildman–Crippen MR) is 90.0 cm³/mol. The summed E-state index contributed by atoms with van der Waals surface area (Å²) in [5.41, 5.74) is 3.55.